The van der Waals surface area contributed by atoms with Gasteiger partial charge in [-0.2, -0.15) is 0 Å². The molecule has 1 atom stereocenters. The van der Waals surface area contributed by atoms with Crippen LogP contribution in [0.4, 0.5) is 0 Å². The number of carbonyl (C=O) groups excluding carboxylic acids is 1. The summed E-state index contributed by atoms with van der Waals surface area (Å²) in [6, 6.07) is 0.398. The maximum atomic E-state index is 12.3. The number of hydrogen-bond donors (Lipinski definition) is 1. The summed E-state index contributed by atoms with van der Waals surface area (Å²) in [7, 11) is 2.10. The van der Waals surface area contributed by atoms with Crippen LogP contribution in [0.1, 0.15) is 25.7 Å². The molecule has 5 nitrogen and oxygen atoms in total. The fourth-order valence-corrected chi connectivity index (χ4v) is 3.07. The molecule has 0 spiro atoms. The molecule has 0 aromatic carbocycles. The lowest BCUT2D eigenvalue weighted by Crippen LogP contribution is -2.52. The third-order valence-corrected chi connectivity index (χ3v) is 4.41. The highest BCUT2D eigenvalue weighted by Gasteiger charge is 2.26. The first kappa shape index (κ1) is 14.8. The molecular formula is C14H27N3O2. The first-order valence-corrected chi connectivity index (χ1v) is 7.52. The molecule has 110 valence electrons. The van der Waals surface area contributed by atoms with E-state index in [0.29, 0.717) is 12.6 Å². The molecule has 2 aliphatic rings. The van der Waals surface area contributed by atoms with Gasteiger partial charge < -0.3 is 14.9 Å². The predicted octanol–water partition coefficient (Wildman–Crippen LogP) is -0.00270. The van der Waals surface area contributed by atoms with Crippen molar-refractivity contribution >= 4 is 5.91 Å². The van der Waals surface area contributed by atoms with Crippen LogP contribution in [-0.4, -0.2) is 84.7 Å². The van der Waals surface area contributed by atoms with Crippen molar-refractivity contribution in [2.24, 2.45) is 0 Å². The second-order valence-electron chi connectivity index (χ2n) is 5.82. The summed E-state index contributed by atoms with van der Waals surface area (Å²) in [5, 5.41) is 9.12. The number of rotatable bonds is 4. The highest BCUT2D eigenvalue weighted by Crippen LogP contribution is 2.19. The summed E-state index contributed by atoms with van der Waals surface area (Å²) in [6.07, 6.45) is 4.33. The number of piperidine rings is 1. The van der Waals surface area contributed by atoms with E-state index in [2.05, 4.69) is 16.8 Å². The molecule has 5 heteroatoms. The SMILES string of the molecule is CN1CCN(C(=O)CN2CCCCC2CCO)CC1. The van der Waals surface area contributed by atoms with Crippen LogP contribution in [0.15, 0.2) is 0 Å². The van der Waals surface area contributed by atoms with E-state index in [1.54, 1.807) is 0 Å². The molecule has 2 saturated heterocycles. The third kappa shape index (κ3) is 4.16. The standard InChI is InChI=1S/C14H27N3O2/c1-15-7-9-16(10-8-15)14(19)12-17-6-3-2-4-13(17)5-11-18/h13,18H,2-12H2,1H3. The lowest BCUT2D eigenvalue weighted by Gasteiger charge is -2.38. The normalized spacial score (nSPS) is 26.6. The number of nitrogens with zero attached hydrogens (tertiary/aromatic N) is 3. The van der Waals surface area contributed by atoms with Gasteiger partial charge in [-0.05, 0) is 32.9 Å². The maximum Gasteiger partial charge on any atom is 0.236 e. The molecular weight excluding hydrogens is 242 g/mol. The Morgan fingerprint density at radius 2 is 1.89 bits per heavy atom. The molecule has 0 aliphatic carbocycles. The summed E-state index contributed by atoms with van der Waals surface area (Å²) >= 11 is 0. The lowest BCUT2D eigenvalue weighted by atomic mass is 9.99. The largest absolute Gasteiger partial charge is 0.396 e. The van der Waals surface area contributed by atoms with Gasteiger partial charge in [-0.25, -0.2) is 0 Å². The first-order chi connectivity index (χ1) is 9.20. The van der Waals surface area contributed by atoms with E-state index in [-0.39, 0.29) is 12.5 Å². The second kappa shape index (κ2) is 7.22. The monoisotopic (exact) mass is 269 g/mol. The zero-order chi connectivity index (χ0) is 13.7. The minimum atomic E-state index is 0.226. The molecule has 1 N–H and O–H groups in total. The molecule has 19 heavy (non-hydrogen) atoms. The average Bonchev–Trinajstić information content (AvgIpc) is 2.42. The van der Waals surface area contributed by atoms with Gasteiger partial charge in [0.05, 0.1) is 6.54 Å². The molecule has 0 bridgehead atoms. The Kier molecular flexibility index (Phi) is 5.60. The predicted molar refractivity (Wildman–Crippen MR) is 75.0 cm³/mol. The highest BCUT2D eigenvalue weighted by atomic mass is 16.3. The minimum Gasteiger partial charge on any atom is -0.396 e. The van der Waals surface area contributed by atoms with Gasteiger partial charge in [0.15, 0.2) is 0 Å². The topological polar surface area (TPSA) is 47.0 Å². The van der Waals surface area contributed by atoms with Crippen LogP contribution in [0.2, 0.25) is 0 Å². The fourth-order valence-electron chi connectivity index (χ4n) is 3.07. The Labute approximate surface area is 116 Å². The van der Waals surface area contributed by atoms with Gasteiger partial charge in [0.2, 0.25) is 5.91 Å². The molecule has 2 aliphatic heterocycles. The van der Waals surface area contributed by atoms with E-state index in [1.807, 2.05) is 4.90 Å². The number of likely N-dealkylation sites (N-methyl/N-ethyl adjacent to an activating group) is 1. The molecule has 2 fully saturated rings. The number of piperazine rings is 1. The molecule has 1 amide bonds. The van der Waals surface area contributed by atoms with E-state index in [4.69, 9.17) is 5.11 Å². The average molecular weight is 269 g/mol. The Morgan fingerprint density at radius 1 is 1.16 bits per heavy atom. The van der Waals surface area contributed by atoms with E-state index >= 15 is 0 Å². The zero-order valence-electron chi connectivity index (χ0n) is 12.1. The van der Waals surface area contributed by atoms with Crippen molar-refractivity contribution in [2.75, 3.05) is 52.9 Å². The van der Waals surface area contributed by atoms with E-state index in [9.17, 15) is 4.79 Å². The molecule has 0 saturated carbocycles. The summed E-state index contributed by atoms with van der Waals surface area (Å²) in [4.78, 5) is 18.9. The zero-order valence-corrected chi connectivity index (χ0v) is 12.1. The Bertz CT molecular complexity index is 288. The van der Waals surface area contributed by atoms with Crippen LogP contribution >= 0.6 is 0 Å². The molecule has 0 aromatic heterocycles. The van der Waals surface area contributed by atoms with Crippen LogP contribution in [0.5, 0.6) is 0 Å². The molecule has 1 unspecified atom stereocenters. The summed E-state index contributed by atoms with van der Waals surface area (Å²) in [6.45, 7) is 5.43. The van der Waals surface area contributed by atoms with Gasteiger partial charge in [-0.3, -0.25) is 9.69 Å². The number of amides is 1. The molecule has 2 rings (SSSR count). The van der Waals surface area contributed by atoms with Crippen molar-refractivity contribution in [3.8, 4) is 0 Å². The maximum absolute atomic E-state index is 12.3. The van der Waals surface area contributed by atoms with Crippen LogP contribution in [0.25, 0.3) is 0 Å². The van der Waals surface area contributed by atoms with E-state index in [1.165, 1.54) is 12.8 Å². The van der Waals surface area contributed by atoms with Gasteiger partial charge in [0.25, 0.3) is 0 Å². The van der Waals surface area contributed by atoms with Crippen molar-refractivity contribution in [3.05, 3.63) is 0 Å². The van der Waals surface area contributed by atoms with Gasteiger partial charge >= 0.3 is 0 Å². The van der Waals surface area contributed by atoms with Crippen LogP contribution in [-0.2, 0) is 4.79 Å². The van der Waals surface area contributed by atoms with Crippen molar-refractivity contribution in [1.82, 2.24) is 14.7 Å². The number of likely N-dealkylation sites (tertiary alicyclic amines) is 1. The highest BCUT2D eigenvalue weighted by molar-refractivity contribution is 5.78. The van der Waals surface area contributed by atoms with Crippen LogP contribution in [0, 0.1) is 0 Å². The molecule has 2 heterocycles. The summed E-state index contributed by atoms with van der Waals surface area (Å²) in [5.41, 5.74) is 0. The minimum absolute atomic E-state index is 0.226. The third-order valence-electron chi connectivity index (χ3n) is 4.41. The first-order valence-electron chi connectivity index (χ1n) is 7.52. The van der Waals surface area contributed by atoms with Gasteiger partial charge in [-0.1, -0.05) is 6.42 Å². The summed E-state index contributed by atoms with van der Waals surface area (Å²) < 4.78 is 0. The van der Waals surface area contributed by atoms with Crippen LogP contribution in [0.3, 0.4) is 0 Å². The van der Waals surface area contributed by atoms with Crippen molar-refractivity contribution in [1.29, 1.82) is 0 Å². The Morgan fingerprint density at radius 3 is 2.58 bits per heavy atom. The van der Waals surface area contributed by atoms with Crippen molar-refractivity contribution in [2.45, 2.75) is 31.7 Å². The Hall–Kier alpha value is -0.650. The number of aliphatic hydroxyl groups excluding tert-OH is 1. The van der Waals surface area contributed by atoms with E-state index < -0.39 is 0 Å². The number of aliphatic hydroxyl groups is 1. The van der Waals surface area contributed by atoms with Gasteiger partial charge in [0.1, 0.15) is 0 Å². The summed E-state index contributed by atoms with van der Waals surface area (Å²) in [5.74, 6) is 0.262. The Balaban J connectivity index is 1.82. The van der Waals surface area contributed by atoms with Crippen molar-refractivity contribution in [3.63, 3.8) is 0 Å². The molecule has 0 aromatic rings. The van der Waals surface area contributed by atoms with Gasteiger partial charge in [-0.15, -0.1) is 0 Å². The fraction of sp³-hybridized carbons (Fsp3) is 0.929. The van der Waals surface area contributed by atoms with Gasteiger partial charge in [0, 0.05) is 38.8 Å². The number of hydrogen-bond acceptors (Lipinski definition) is 4. The van der Waals surface area contributed by atoms with E-state index in [0.717, 1.165) is 45.6 Å². The second-order valence-corrected chi connectivity index (χ2v) is 5.82. The lowest BCUT2D eigenvalue weighted by molar-refractivity contribution is -0.135. The quantitative estimate of drug-likeness (QED) is 0.780. The molecule has 0 radical (unpaired) electrons. The smallest absolute Gasteiger partial charge is 0.236 e. The number of carbonyl (C=O) groups is 1. The van der Waals surface area contributed by atoms with Crippen molar-refractivity contribution < 1.29 is 9.90 Å². The van der Waals surface area contributed by atoms with Crippen LogP contribution < -0.4 is 0 Å².